The molecule has 0 fully saturated rings. The van der Waals surface area contributed by atoms with Gasteiger partial charge in [-0.2, -0.15) is 0 Å². The van der Waals surface area contributed by atoms with E-state index in [9.17, 15) is 0 Å². The molecule has 0 amide bonds. The summed E-state index contributed by atoms with van der Waals surface area (Å²) in [7, 11) is 6.49. The van der Waals surface area contributed by atoms with Crippen molar-refractivity contribution in [2.45, 2.75) is 6.29 Å². The van der Waals surface area contributed by atoms with E-state index in [1.165, 1.54) is 0 Å². The lowest BCUT2D eigenvalue weighted by Crippen LogP contribution is -2.03. The van der Waals surface area contributed by atoms with Crippen molar-refractivity contribution in [2.24, 2.45) is 0 Å². The third kappa shape index (κ3) is 3.43. The van der Waals surface area contributed by atoms with Gasteiger partial charge < -0.3 is 18.9 Å². The average molecular weight is 339 g/mol. The van der Waals surface area contributed by atoms with Crippen LogP contribution < -0.4 is 9.47 Å². The molecule has 0 unspecified atom stereocenters. The third-order valence-corrected chi connectivity index (χ3v) is 4.13. The van der Waals surface area contributed by atoms with Crippen molar-refractivity contribution in [2.75, 3.05) is 28.4 Å². The summed E-state index contributed by atoms with van der Waals surface area (Å²) < 4.78 is 21.3. The van der Waals surface area contributed by atoms with Crippen LogP contribution in [0.15, 0.2) is 48.7 Å². The highest BCUT2D eigenvalue weighted by molar-refractivity contribution is 5.86. The Hall–Kier alpha value is -2.63. The van der Waals surface area contributed by atoms with E-state index < -0.39 is 0 Å². The van der Waals surface area contributed by atoms with Crippen LogP contribution in [-0.2, 0) is 9.47 Å². The summed E-state index contributed by atoms with van der Waals surface area (Å²) in [6.45, 7) is 0. The van der Waals surface area contributed by atoms with E-state index in [2.05, 4.69) is 11.1 Å². The minimum Gasteiger partial charge on any atom is -0.493 e. The molecule has 0 aliphatic carbocycles. The lowest BCUT2D eigenvalue weighted by molar-refractivity contribution is -0.105. The van der Waals surface area contributed by atoms with Crippen molar-refractivity contribution in [3.63, 3.8) is 0 Å². The maximum absolute atomic E-state index is 5.37. The SMILES string of the molecule is COc1ccc(-c2cc3ccc(C(OC)OC)cc3cn2)cc1OC. The van der Waals surface area contributed by atoms with Gasteiger partial charge in [0.05, 0.1) is 19.9 Å². The molecule has 0 saturated heterocycles. The molecule has 0 aliphatic rings. The molecule has 0 saturated carbocycles. The normalized spacial score (nSPS) is 11.1. The second-order valence-corrected chi connectivity index (χ2v) is 5.55. The highest BCUT2D eigenvalue weighted by atomic mass is 16.7. The van der Waals surface area contributed by atoms with Gasteiger partial charge in [0.1, 0.15) is 0 Å². The lowest BCUT2D eigenvalue weighted by atomic mass is 10.0. The fourth-order valence-corrected chi connectivity index (χ4v) is 2.83. The zero-order valence-corrected chi connectivity index (χ0v) is 14.8. The molecule has 0 radical (unpaired) electrons. The molecule has 1 heterocycles. The van der Waals surface area contributed by atoms with E-state index in [0.717, 1.165) is 27.6 Å². The van der Waals surface area contributed by atoms with Crippen LogP contribution >= 0.6 is 0 Å². The Morgan fingerprint density at radius 2 is 1.52 bits per heavy atom. The van der Waals surface area contributed by atoms with Gasteiger partial charge in [-0.3, -0.25) is 4.98 Å². The number of ether oxygens (including phenoxy) is 4. The van der Waals surface area contributed by atoms with Crippen molar-refractivity contribution in [1.29, 1.82) is 0 Å². The van der Waals surface area contributed by atoms with Crippen molar-refractivity contribution < 1.29 is 18.9 Å². The first kappa shape index (κ1) is 17.2. The summed E-state index contributed by atoms with van der Waals surface area (Å²) in [6, 6.07) is 13.9. The quantitative estimate of drug-likeness (QED) is 0.630. The van der Waals surface area contributed by atoms with Crippen molar-refractivity contribution in [3.05, 3.63) is 54.2 Å². The second-order valence-electron chi connectivity index (χ2n) is 5.55. The molecule has 130 valence electrons. The molecule has 0 aliphatic heterocycles. The molecule has 3 aromatic rings. The van der Waals surface area contributed by atoms with Crippen LogP contribution in [0, 0.1) is 0 Å². The van der Waals surface area contributed by atoms with Gasteiger partial charge in [-0.05, 0) is 35.7 Å². The standard InChI is InChI=1S/C20H21NO4/c1-22-18-8-7-14(11-19(18)23-2)17-10-13-5-6-15(20(24-3)25-4)9-16(13)12-21-17/h5-12,20H,1-4H3. The molecule has 5 nitrogen and oxygen atoms in total. The van der Waals surface area contributed by atoms with Gasteiger partial charge in [0.15, 0.2) is 17.8 Å². The van der Waals surface area contributed by atoms with Crippen molar-refractivity contribution in [3.8, 4) is 22.8 Å². The van der Waals surface area contributed by atoms with Crippen LogP contribution in [-0.4, -0.2) is 33.4 Å². The molecule has 25 heavy (non-hydrogen) atoms. The zero-order valence-electron chi connectivity index (χ0n) is 14.8. The third-order valence-electron chi connectivity index (χ3n) is 4.13. The first-order valence-corrected chi connectivity index (χ1v) is 7.88. The Kier molecular flexibility index (Phi) is 5.16. The second kappa shape index (κ2) is 7.51. The molecular formula is C20H21NO4. The molecule has 0 atom stereocenters. The van der Waals surface area contributed by atoms with E-state index in [4.69, 9.17) is 18.9 Å². The van der Waals surface area contributed by atoms with Gasteiger partial charge in [-0.15, -0.1) is 0 Å². The maximum Gasteiger partial charge on any atom is 0.183 e. The molecule has 5 heteroatoms. The van der Waals surface area contributed by atoms with E-state index in [1.54, 1.807) is 28.4 Å². The minimum absolute atomic E-state index is 0.380. The largest absolute Gasteiger partial charge is 0.493 e. The predicted octanol–water partition coefficient (Wildman–Crippen LogP) is 4.21. The number of aromatic nitrogens is 1. The van der Waals surface area contributed by atoms with Crippen LogP contribution in [0.1, 0.15) is 11.9 Å². The molecule has 1 aromatic heterocycles. The molecule has 0 bridgehead atoms. The van der Waals surface area contributed by atoms with E-state index in [0.29, 0.717) is 11.5 Å². The first-order chi connectivity index (χ1) is 12.2. The van der Waals surface area contributed by atoms with Gasteiger partial charge in [-0.25, -0.2) is 0 Å². The fourth-order valence-electron chi connectivity index (χ4n) is 2.83. The zero-order chi connectivity index (χ0) is 17.8. The fraction of sp³-hybridized carbons (Fsp3) is 0.250. The van der Waals surface area contributed by atoms with Gasteiger partial charge in [0.2, 0.25) is 0 Å². The number of benzene rings is 2. The van der Waals surface area contributed by atoms with Crippen LogP contribution in [0.4, 0.5) is 0 Å². The minimum atomic E-state index is -0.380. The van der Waals surface area contributed by atoms with Gasteiger partial charge in [-0.1, -0.05) is 12.1 Å². The Labute approximate surface area is 147 Å². The Bertz CT molecular complexity index is 875. The molecule has 0 N–H and O–H groups in total. The molecule has 0 spiro atoms. The number of hydrogen-bond acceptors (Lipinski definition) is 5. The summed E-state index contributed by atoms with van der Waals surface area (Å²) in [6.07, 6.45) is 1.47. The first-order valence-electron chi connectivity index (χ1n) is 7.88. The van der Waals surface area contributed by atoms with Crippen molar-refractivity contribution in [1.82, 2.24) is 4.98 Å². The summed E-state index contributed by atoms with van der Waals surface area (Å²) in [5, 5.41) is 2.12. The Balaban J connectivity index is 2.00. The van der Waals surface area contributed by atoms with Crippen LogP contribution in [0.2, 0.25) is 0 Å². The van der Waals surface area contributed by atoms with E-state index in [-0.39, 0.29) is 6.29 Å². The number of fused-ring (bicyclic) bond motifs is 1. The van der Waals surface area contributed by atoms with Gasteiger partial charge in [0, 0.05) is 36.9 Å². The monoisotopic (exact) mass is 339 g/mol. The maximum atomic E-state index is 5.37. The smallest absolute Gasteiger partial charge is 0.183 e. The highest BCUT2D eigenvalue weighted by Crippen LogP contribution is 2.32. The van der Waals surface area contributed by atoms with Gasteiger partial charge >= 0.3 is 0 Å². The summed E-state index contributed by atoms with van der Waals surface area (Å²) >= 11 is 0. The predicted molar refractivity (Wildman–Crippen MR) is 97.0 cm³/mol. The van der Waals surface area contributed by atoms with E-state index >= 15 is 0 Å². The molecular weight excluding hydrogens is 318 g/mol. The van der Waals surface area contributed by atoms with Crippen molar-refractivity contribution >= 4 is 10.8 Å². The number of nitrogens with zero attached hydrogens (tertiary/aromatic N) is 1. The summed E-state index contributed by atoms with van der Waals surface area (Å²) in [5.74, 6) is 1.38. The van der Waals surface area contributed by atoms with Crippen LogP contribution in [0.3, 0.4) is 0 Å². The Morgan fingerprint density at radius 3 is 2.20 bits per heavy atom. The van der Waals surface area contributed by atoms with Crippen LogP contribution in [0.5, 0.6) is 11.5 Å². The highest BCUT2D eigenvalue weighted by Gasteiger charge is 2.11. The average Bonchev–Trinajstić information content (AvgIpc) is 2.67. The van der Waals surface area contributed by atoms with E-state index in [1.807, 2.05) is 42.6 Å². The number of hydrogen-bond donors (Lipinski definition) is 0. The Morgan fingerprint density at radius 1 is 0.760 bits per heavy atom. The van der Waals surface area contributed by atoms with Gasteiger partial charge in [0.25, 0.3) is 0 Å². The topological polar surface area (TPSA) is 49.8 Å². The summed E-state index contributed by atoms with van der Waals surface area (Å²) in [4.78, 5) is 4.58. The number of pyridine rings is 1. The molecule has 3 rings (SSSR count). The number of methoxy groups -OCH3 is 4. The lowest BCUT2D eigenvalue weighted by Gasteiger charge is -2.14. The number of rotatable bonds is 6. The summed E-state index contributed by atoms with van der Waals surface area (Å²) in [5.41, 5.74) is 2.80. The van der Waals surface area contributed by atoms with Crippen LogP contribution in [0.25, 0.3) is 22.0 Å². The molecule has 2 aromatic carbocycles.